The topological polar surface area (TPSA) is 143 Å². The molecule has 0 aliphatic carbocycles. The van der Waals surface area contributed by atoms with Crippen molar-refractivity contribution in [3.63, 3.8) is 0 Å². The minimum absolute atomic E-state index is 0.0568. The van der Waals surface area contributed by atoms with Gasteiger partial charge < -0.3 is 19.3 Å². The molecule has 0 bridgehead atoms. The molecule has 0 amide bonds. The maximum atomic E-state index is 12.9. The number of carbonyl (C=O) groups is 3. The molecule has 3 rings (SSSR count). The quantitative estimate of drug-likeness (QED) is 0.244. The van der Waals surface area contributed by atoms with E-state index in [0.29, 0.717) is 5.69 Å². The average Bonchev–Trinajstić information content (AvgIpc) is 2.85. The molecule has 1 saturated heterocycles. The molecule has 1 aliphatic heterocycles. The summed E-state index contributed by atoms with van der Waals surface area (Å²) in [5.74, 6) is -4.46. The average molecular weight is 510 g/mol. The number of ether oxygens (including phenoxy) is 3. The minimum atomic E-state index is -1.60. The van der Waals surface area contributed by atoms with E-state index >= 15 is 0 Å². The highest BCUT2D eigenvalue weighted by molar-refractivity contribution is 6.15. The number of nitrogens with zero attached hydrogens (tertiary/aromatic N) is 2. The number of carbonyl (C=O) groups excluding carboxylic acids is 3. The first kappa shape index (κ1) is 26.9. The number of hydrogen-bond donors (Lipinski definition) is 1. The van der Waals surface area contributed by atoms with E-state index in [1.807, 2.05) is 0 Å². The Balaban J connectivity index is 1.76. The van der Waals surface area contributed by atoms with Gasteiger partial charge in [0.2, 0.25) is 5.88 Å². The lowest BCUT2D eigenvalue weighted by atomic mass is 10.1. The molecular formula is C26H26N2O9. The number of rotatable bonds is 8. The van der Waals surface area contributed by atoms with Crippen molar-refractivity contribution in [2.45, 2.75) is 32.5 Å². The van der Waals surface area contributed by atoms with Gasteiger partial charge in [0.1, 0.15) is 11.1 Å². The van der Waals surface area contributed by atoms with Crippen LogP contribution < -0.4 is 11.2 Å². The van der Waals surface area contributed by atoms with E-state index in [1.54, 1.807) is 37.3 Å². The number of aromatic nitrogens is 2. The smallest absolute Gasteiger partial charge is 0.348 e. The Kier molecular flexibility index (Phi) is 8.28. The molecule has 11 nitrogen and oxygen atoms in total. The lowest BCUT2D eigenvalue weighted by Crippen LogP contribution is -2.44. The van der Waals surface area contributed by atoms with Gasteiger partial charge in [0.15, 0.2) is 0 Å². The molecule has 0 saturated carbocycles. The van der Waals surface area contributed by atoms with Crippen molar-refractivity contribution in [3.05, 3.63) is 86.6 Å². The van der Waals surface area contributed by atoms with Crippen LogP contribution in [0.25, 0.3) is 11.8 Å². The van der Waals surface area contributed by atoms with Crippen LogP contribution >= 0.6 is 0 Å². The number of hydrogen-bond acceptors (Lipinski definition) is 9. The molecule has 1 N–H and O–H groups in total. The largest absolute Gasteiger partial charge is 0.494 e. The van der Waals surface area contributed by atoms with Crippen molar-refractivity contribution in [2.75, 3.05) is 6.61 Å². The maximum absolute atomic E-state index is 12.9. The number of allylic oxidation sites excluding steroid dienone is 4. The first-order valence-corrected chi connectivity index (χ1v) is 11.4. The fourth-order valence-electron chi connectivity index (χ4n) is 3.45. The Bertz CT molecular complexity index is 1390. The predicted octanol–water partition coefficient (Wildman–Crippen LogP) is 1.90. The van der Waals surface area contributed by atoms with E-state index in [0.717, 1.165) is 9.13 Å². The molecule has 37 heavy (non-hydrogen) atoms. The fraction of sp³-hybridized carbons (Fsp3) is 0.269. The van der Waals surface area contributed by atoms with Gasteiger partial charge in [-0.05, 0) is 31.2 Å². The van der Waals surface area contributed by atoms with Crippen molar-refractivity contribution in [2.24, 2.45) is 7.05 Å². The van der Waals surface area contributed by atoms with Gasteiger partial charge in [-0.15, -0.1) is 0 Å². The number of aromatic hydroxyl groups is 1. The summed E-state index contributed by atoms with van der Waals surface area (Å²) in [4.78, 5) is 61.7. The molecule has 2 heterocycles. The molecule has 1 fully saturated rings. The second kappa shape index (κ2) is 11.4. The van der Waals surface area contributed by atoms with Gasteiger partial charge in [-0.3, -0.25) is 14.2 Å². The van der Waals surface area contributed by atoms with Crippen molar-refractivity contribution in [3.8, 4) is 11.6 Å². The highest BCUT2D eigenvalue weighted by Crippen LogP contribution is 2.28. The van der Waals surface area contributed by atoms with Gasteiger partial charge in [-0.2, -0.15) is 0 Å². The summed E-state index contributed by atoms with van der Waals surface area (Å²) < 4.78 is 17.1. The third kappa shape index (κ3) is 6.13. The van der Waals surface area contributed by atoms with Crippen LogP contribution in [0.2, 0.25) is 0 Å². The van der Waals surface area contributed by atoms with E-state index in [1.165, 1.54) is 44.4 Å². The molecule has 0 unspecified atom stereocenters. The van der Waals surface area contributed by atoms with Gasteiger partial charge >= 0.3 is 23.6 Å². The third-order valence-corrected chi connectivity index (χ3v) is 5.38. The zero-order valence-corrected chi connectivity index (χ0v) is 20.5. The van der Waals surface area contributed by atoms with Gasteiger partial charge in [-0.25, -0.2) is 19.0 Å². The third-order valence-electron chi connectivity index (χ3n) is 5.38. The Morgan fingerprint density at radius 1 is 1.05 bits per heavy atom. The van der Waals surface area contributed by atoms with Gasteiger partial charge in [0.25, 0.3) is 11.3 Å². The summed E-state index contributed by atoms with van der Waals surface area (Å²) in [5.41, 5.74) is -1.61. The first-order chi connectivity index (χ1) is 17.6. The monoisotopic (exact) mass is 510 g/mol. The SMILES string of the molecule is CCOC(=O)CCC1(C)OC(=O)C(=C/C=C/C=C/c2c(O)n(C)c(=O)n(-c3ccccc3)c2=O)C(=O)O1. The van der Waals surface area contributed by atoms with Crippen LogP contribution in [-0.2, 0) is 35.6 Å². The zero-order valence-electron chi connectivity index (χ0n) is 20.5. The normalized spacial score (nSPS) is 17.6. The summed E-state index contributed by atoms with van der Waals surface area (Å²) in [6, 6.07) is 8.25. The van der Waals surface area contributed by atoms with Crippen LogP contribution in [0.3, 0.4) is 0 Å². The van der Waals surface area contributed by atoms with Crippen molar-refractivity contribution >= 4 is 24.0 Å². The van der Waals surface area contributed by atoms with Crippen LogP contribution in [0.4, 0.5) is 0 Å². The number of para-hydroxylation sites is 1. The van der Waals surface area contributed by atoms with Crippen molar-refractivity contribution < 1.29 is 33.7 Å². The van der Waals surface area contributed by atoms with Gasteiger partial charge in [-0.1, -0.05) is 36.4 Å². The summed E-state index contributed by atoms with van der Waals surface area (Å²) in [6.45, 7) is 3.23. The van der Waals surface area contributed by atoms with Crippen molar-refractivity contribution in [1.82, 2.24) is 9.13 Å². The number of benzene rings is 1. The van der Waals surface area contributed by atoms with E-state index in [4.69, 9.17) is 14.2 Å². The maximum Gasteiger partial charge on any atom is 0.348 e. The van der Waals surface area contributed by atoms with Crippen LogP contribution in [0.15, 0.2) is 69.8 Å². The fourth-order valence-corrected chi connectivity index (χ4v) is 3.45. The van der Waals surface area contributed by atoms with E-state index in [-0.39, 0.29) is 30.6 Å². The summed E-state index contributed by atoms with van der Waals surface area (Å²) >= 11 is 0. The summed E-state index contributed by atoms with van der Waals surface area (Å²) in [5, 5.41) is 10.3. The standard InChI is InChI=1S/C26H26N2O9/c1-4-35-20(29)15-16-26(2)36-23(32)19(24(33)37-26)14-10-6-9-13-18-21(30)27(3)25(34)28(22(18)31)17-11-7-5-8-12-17/h5-14,30H,4,15-16H2,1-3H3/b10-6+,13-9+,19-14?. The molecule has 194 valence electrons. The van der Waals surface area contributed by atoms with Crippen LogP contribution in [0.5, 0.6) is 5.88 Å². The van der Waals surface area contributed by atoms with Crippen LogP contribution in [0.1, 0.15) is 32.3 Å². The first-order valence-electron chi connectivity index (χ1n) is 11.4. The summed E-state index contributed by atoms with van der Waals surface area (Å²) in [6.07, 6.45) is 6.43. The molecular weight excluding hydrogens is 484 g/mol. The molecule has 1 aromatic heterocycles. The van der Waals surface area contributed by atoms with E-state index in [2.05, 4.69) is 0 Å². The molecule has 1 aromatic carbocycles. The highest BCUT2D eigenvalue weighted by atomic mass is 16.7. The molecule has 0 atom stereocenters. The number of cyclic esters (lactones) is 2. The minimum Gasteiger partial charge on any atom is -0.494 e. The molecule has 1 aliphatic rings. The molecule has 11 heteroatoms. The lowest BCUT2D eigenvalue weighted by molar-refractivity contribution is -0.231. The molecule has 0 radical (unpaired) electrons. The Morgan fingerprint density at radius 2 is 1.70 bits per heavy atom. The van der Waals surface area contributed by atoms with Crippen molar-refractivity contribution in [1.29, 1.82) is 0 Å². The summed E-state index contributed by atoms with van der Waals surface area (Å²) in [7, 11) is 1.33. The second-order valence-corrected chi connectivity index (χ2v) is 8.10. The Morgan fingerprint density at radius 3 is 2.32 bits per heavy atom. The van der Waals surface area contributed by atoms with Gasteiger partial charge in [0.05, 0.1) is 18.7 Å². The molecule has 0 spiro atoms. The van der Waals surface area contributed by atoms with Crippen LogP contribution in [0, 0.1) is 0 Å². The zero-order chi connectivity index (χ0) is 27.2. The second-order valence-electron chi connectivity index (χ2n) is 8.10. The predicted molar refractivity (Wildman–Crippen MR) is 132 cm³/mol. The van der Waals surface area contributed by atoms with E-state index < -0.39 is 40.8 Å². The lowest BCUT2D eigenvalue weighted by Gasteiger charge is -2.33. The van der Waals surface area contributed by atoms with Gasteiger partial charge in [0, 0.05) is 20.4 Å². The Hall–Kier alpha value is -4.67. The highest BCUT2D eigenvalue weighted by Gasteiger charge is 2.42. The number of esters is 3. The van der Waals surface area contributed by atoms with E-state index in [9.17, 15) is 29.1 Å². The molecule has 2 aromatic rings. The Labute approximate surface area is 211 Å². The van der Waals surface area contributed by atoms with Crippen LogP contribution in [-0.4, -0.2) is 44.5 Å².